The molecule has 0 saturated heterocycles. The molecule has 0 radical (unpaired) electrons. The van der Waals surface area contributed by atoms with Crippen molar-refractivity contribution in [3.05, 3.63) is 29.8 Å². The number of carbonyl (C=O) groups excluding carboxylic acids is 4. The molecule has 0 aliphatic carbocycles. The minimum atomic E-state index is -1.05. The second-order valence-electron chi connectivity index (χ2n) is 21.4. The van der Waals surface area contributed by atoms with Gasteiger partial charge in [0.2, 0.25) is 5.91 Å². The molecule has 69 heavy (non-hydrogen) atoms. The molecule has 1 unspecified atom stereocenters. The minimum Gasteiger partial charge on any atom is -0.460 e. The molecular formula is C58H104N2O8S. The van der Waals surface area contributed by atoms with Crippen molar-refractivity contribution >= 4 is 41.2 Å². The van der Waals surface area contributed by atoms with Gasteiger partial charge in [-0.2, -0.15) is 11.8 Å². The van der Waals surface area contributed by atoms with Crippen LogP contribution in [0, 0.1) is 0 Å². The summed E-state index contributed by atoms with van der Waals surface area (Å²) in [4.78, 5) is 51.6. The molecule has 0 aliphatic rings. The summed E-state index contributed by atoms with van der Waals surface area (Å²) in [5, 5.41) is 5.66. The van der Waals surface area contributed by atoms with Crippen LogP contribution >= 0.6 is 11.8 Å². The first-order valence-electron chi connectivity index (χ1n) is 28.1. The molecular weight excluding hydrogens is 885 g/mol. The van der Waals surface area contributed by atoms with E-state index in [0.717, 1.165) is 31.8 Å². The average molecular weight is 990 g/mol. The second-order valence-corrected chi connectivity index (χ2v) is 22.5. The number of rotatable bonds is 45. The summed E-state index contributed by atoms with van der Waals surface area (Å²) in [7, 11) is 0. The zero-order chi connectivity index (χ0) is 50.9. The van der Waals surface area contributed by atoms with E-state index in [1.165, 1.54) is 167 Å². The molecule has 1 aromatic carbocycles. The fourth-order valence-corrected chi connectivity index (χ4v) is 9.08. The summed E-state index contributed by atoms with van der Waals surface area (Å²) in [6.45, 7) is 17.2. The SMILES string of the molecule is CCCCCCCCCCCCCCCCOCC(CSCCC(=O)Nc1ccc(C(=O)N[C@@H](CCC(=O)OC(C)(C)C)C(=O)OC(C)(C)C)cc1)OCCCCCCCCCCCCCCCC. The third-order valence-corrected chi connectivity index (χ3v) is 13.2. The molecule has 0 bridgehead atoms. The Morgan fingerprint density at radius 3 is 1.43 bits per heavy atom. The van der Waals surface area contributed by atoms with Crippen molar-refractivity contribution in [3.8, 4) is 0 Å². The molecule has 0 heterocycles. The summed E-state index contributed by atoms with van der Waals surface area (Å²) >= 11 is 1.72. The maximum Gasteiger partial charge on any atom is 0.329 e. The minimum absolute atomic E-state index is 0.00223. The topological polar surface area (TPSA) is 129 Å². The van der Waals surface area contributed by atoms with Crippen molar-refractivity contribution in [2.45, 2.75) is 278 Å². The zero-order valence-corrected chi connectivity index (χ0v) is 46.4. The Labute approximate surface area is 427 Å². The van der Waals surface area contributed by atoms with Gasteiger partial charge in [-0.05, 0) is 85.1 Å². The fourth-order valence-electron chi connectivity index (χ4n) is 8.13. The number of unbranched alkanes of at least 4 members (excludes halogenated alkanes) is 26. The molecule has 0 fully saturated rings. The molecule has 0 saturated carbocycles. The number of ether oxygens (including phenoxy) is 4. The summed E-state index contributed by atoms with van der Waals surface area (Å²) in [5.74, 6) is -0.269. The first kappa shape index (κ1) is 64.4. The summed E-state index contributed by atoms with van der Waals surface area (Å²) in [6.07, 6.45) is 37.7. The van der Waals surface area contributed by atoms with E-state index in [0.29, 0.717) is 30.0 Å². The highest BCUT2D eigenvalue weighted by Crippen LogP contribution is 2.19. The number of esters is 2. The molecule has 2 amide bonds. The lowest BCUT2D eigenvalue weighted by Crippen LogP contribution is -2.44. The molecule has 2 atom stereocenters. The maximum atomic E-state index is 13.2. The van der Waals surface area contributed by atoms with Gasteiger partial charge in [-0.3, -0.25) is 14.4 Å². The molecule has 11 heteroatoms. The van der Waals surface area contributed by atoms with Crippen molar-refractivity contribution in [2.75, 3.05) is 36.6 Å². The van der Waals surface area contributed by atoms with E-state index in [2.05, 4.69) is 24.5 Å². The Morgan fingerprint density at radius 1 is 0.551 bits per heavy atom. The number of amides is 2. The number of thioether (sulfide) groups is 1. The van der Waals surface area contributed by atoms with Crippen LogP contribution in [0.4, 0.5) is 5.69 Å². The maximum absolute atomic E-state index is 13.2. The normalized spacial score (nSPS) is 12.7. The Morgan fingerprint density at radius 2 is 0.986 bits per heavy atom. The Kier molecular flexibility index (Phi) is 39.1. The van der Waals surface area contributed by atoms with Gasteiger partial charge in [0.1, 0.15) is 17.2 Å². The van der Waals surface area contributed by atoms with Crippen LogP contribution in [0.2, 0.25) is 0 Å². The number of hydrogen-bond acceptors (Lipinski definition) is 9. The quantitative estimate of drug-likeness (QED) is 0.0485. The van der Waals surface area contributed by atoms with E-state index < -0.39 is 35.1 Å². The lowest BCUT2D eigenvalue weighted by atomic mass is 10.0. The van der Waals surface area contributed by atoms with Crippen LogP contribution in [0.1, 0.15) is 265 Å². The Bertz CT molecular complexity index is 1430. The van der Waals surface area contributed by atoms with E-state index >= 15 is 0 Å². The van der Waals surface area contributed by atoms with Gasteiger partial charge in [0.15, 0.2) is 0 Å². The predicted octanol–water partition coefficient (Wildman–Crippen LogP) is 15.7. The molecule has 2 N–H and O–H groups in total. The summed E-state index contributed by atoms with van der Waals surface area (Å²) in [6, 6.07) is 5.48. The van der Waals surface area contributed by atoms with Gasteiger partial charge in [-0.15, -0.1) is 0 Å². The second kappa shape index (κ2) is 41.9. The summed E-state index contributed by atoms with van der Waals surface area (Å²) in [5.41, 5.74) is -0.561. The van der Waals surface area contributed by atoms with Gasteiger partial charge in [-0.25, -0.2) is 4.79 Å². The molecule has 1 rings (SSSR count). The van der Waals surface area contributed by atoms with Crippen molar-refractivity contribution < 1.29 is 38.1 Å². The van der Waals surface area contributed by atoms with E-state index in [-0.39, 0.29) is 24.9 Å². The molecule has 0 aliphatic heterocycles. The fraction of sp³-hybridized carbons (Fsp3) is 0.828. The Balaban J connectivity index is 2.52. The van der Waals surface area contributed by atoms with Crippen molar-refractivity contribution in [3.63, 3.8) is 0 Å². The number of hydrogen-bond donors (Lipinski definition) is 2. The first-order chi connectivity index (χ1) is 33.1. The van der Waals surface area contributed by atoms with Gasteiger partial charge >= 0.3 is 11.9 Å². The van der Waals surface area contributed by atoms with Crippen molar-refractivity contribution in [1.29, 1.82) is 0 Å². The van der Waals surface area contributed by atoms with Crippen molar-refractivity contribution in [2.24, 2.45) is 0 Å². The van der Waals surface area contributed by atoms with Gasteiger partial charge in [-0.1, -0.05) is 181 Å². The van der Waals surface area contributed by atoms with Crippen molar-refractivity contribution in [1.82, 2.24) is 5.32 Å². The van der Waals surface area contributed by atoms with Crippen LogP contribution in [0.25, 0.3) is 0 Å². The molecule has 1 aromatic rings. The number of anilines is 1. The number of benzene rings is 1. The van der Waals surface area contributed by atoms with Gasteiger partial charge in [0, 0.05) is 48.8 Å². The highest BCUT2D eigenvalue weighted by atomic mass is 32.2. The van der Waals surface area contributed by atoms with Gasteiger partial charge in [0.25, 0.3) is 5.91 Å². The van der Waals surface area contributed by atoms with Gasteiger partial charge in [0.05, 0.1) is 12.7 Å². The van der Waals surface area contributed by atoms with E-state index in [1.54, 1.807) is 77.6 Å². The smallest absolute Gasteiger partial charge is 0.329 e. The predicted molar refractivity (Wildman–Crippen MR) is 290 cm³/mol. The van der Waals surface area contributed by atoms with Crippen LogP contribution in [-0.2, 0) is 33.3 Å². The lowest BCUT2D eigenvalue weighted by molar-refractivity contribution is -0.158. The van der Waals surface area contributed by atoms with Crippen LogP contribution in [0.5, 0.6) is 0 Å². The monoisotopic (exact) mass is 989 g/mol. The van der Waals surface area contributed by atoms with Gasteiger partial charge < -0.3 is 29.6 Å². The highest BCUT2D eigenvalue weighted by molar-refractivity contribution is 7.99. The van der Waals surface area contributed by atoms with Crippen LogP contribution in [-0.4, -0.2) is 78.4 Å². The molecule has 0 spiro atoms. The Hall–Kier alpha value is -2.63. The number of nitrogens with one attached hydrogen (secondary N) is 2. The lowest BCUT2D eigenvalue weighted by Gasteiger charge is -2.25. The van der Waals surface area contributed by atoms with Crippen LogP contribution in [0.3, 0.4) is 0 Å². The largest absolute Gasteiger partial charge is 0.460 e. The highest BCUT2D eigenvalue weighted by Gasteiger charge is 2.29. The van der Waals surface area contributed by atoms with E-state index in [9.17, 15) is 19.2 Å². The molecule has 0 aromatic heterocycles. The molecule has 400 valence electrons. The zero-order valence-electron chi connectivity index (χ0n) is 45.6. The third-order valence-electron chi connectivity index (χ3n) is 12.1. The summed E-state index contributed by atoms with van der Waals surface area (Å²) < 4.78 is 23.5. The van der Waals surface area contributed by atoms with E-state index in [4.69, 9.17) is 18.9 Å². The first-order valence-corrected chi connectivity index (χ1v) is 29.2. The number of carbonyl (C=O) groups is 4. The molecule has 10 nitrogen and oxygen atoms in total. The van der Waals surface area contributed by atoms with Crippen LogP contribution < -0.4 is 10.6 Å². The third kappa shape index (κ3) is 40.6. The van der Waals surface area contributed by atoms with E-state index in [1.807, 2.05) is 0 Å². The average Bonchev–Trinajstić information content (AvgIpc) is 3.29. The van der Waals surface area contributed by atoms with Crippen LogP contribution in [0.15, 0.2) is 24.3 Å². The standard InChI is InChI=1S/C58H104N2O8S/c1-9-11-13-15-17-19-21-23-25-27-29-31-33-35-44-65-47-51(66-45-36-34-32-30-28-26-24-22-20-18-16-14-12-10-2)48-69-46-43-53(61)59-50-39-37-49(38-40-50)55(63)60-52(56(64)68-58(6,7)8)41-42-54(62)67-57(3,4)5/h37-40,51-52H,9-36,41-48H2,1-8H3,(H,59,61)(H,60,63)/t51?,52-/m0/s1.